The van der Waals surface area contributed by atoms with Gasteiger partial charge in [-0.05, 0) is 0 Å². The van der Waals surface area contributed by atoms with Crippen molar-refractivity contribution in [1.29, 1.82) is 0 Å². The molecule has 12 nitrogen and oxygen atoms in total. The van der Waals surface area contributed by atoms with E-state index in [1.807, 2.05) is 0 Å². The largest absolute Gasteiger partial charge is 0.504 e. The molecular formula is C14H21NO11. The number of aliphatic hydroxyl groups excluding tert-OH is 5. The molecule has 0 aromatic carbocycles. The molecule has 0 aromatic heterocycles. The summed E-state index contributed by atoms with van der Waals surface area (Å²) < 4.78 is 9.92. The molecule has 0 radical (unpaired) electrons. The SMILES string of the molecule is CC(=O)N[C@@H](C=O)[C@@H](O)[C@H](OC1=C(O)[C@H](O)C[C@H](C(=O)O)O1)[C@H](O)CO. The minimum atomic E-state index is -1.91. The van der Waals surface area contributed by atoms with Crippen LogP contribution in [-0.2, 0) is 23.9 Å². The number of ether oxygens (including phenoxy) is 2. The molecule has 0 aliphatic carbocycles. The second-order valence-corrected chi connectivity index (χ2v) is 5.55. The van der Waals surface area contributed by atoms with Crippen molar-refractivity contribution in [2.45, 2.75) is 49.9 Å². The number of aliphatic hydroxyl groups is 5. The fraction of sp³-hybridized carbons (Fsp3) is 0.643. The molecule has 148 valence electrons. The molecule has 0 fully saturated rings. The first kappa shape index (κ1) is 21.6. The van der Waals surface area contributed by atoms with Crippen LogP contribution in [0, 0.1) is 0 Å². The van der Waals surface area contributed by atoms with E-state index in [2.05, 4.69) is 5.32 Å². The molecule has 1 rings (SSSR count). The van der Waals surface area contributed by atoms with Gasteiger partial charge in [-0.25, -0.2) is 4.79 Å². The fourth-order valence-electron chi connectivity index (χ4n) is 2.17. The second-order valence-electron chi connectivity index (χ2n) is 5.55. The van der Waals surface area contributed by atoms with Gasteiger partial charge >= 0.3 is 11.9 Å². The molecule has 0 bridgehead atoms. The lowest BCUT2D eigenvalue weighted by Crippen LogP contribution is -2.54. The Hall–Kier alpha value is -2.41. The molecule has 1 aliphatic rings. The van der Waals surface area contributed by atoms with E-state index in [0.717, 1.165) is 6.92 Å². The van der Waals surface area contributed by atoms with Crippen molar-refractivity contribution in [3.05, 3.63) is 11.7 Å². The van der Waals surface area contributed by atoms with Gasteiger partial charge in [-0.15, -0.1) is 0 Å². The van der Waals surface area contributed by atoms with E-state index in [-0.39, 0.29) is 6.29 Å². The van der Waals surface area contributed by atoms with E-state index in [1.54, 1.807) is 0 Å². The molecule has 0 saturated heterocycles. The van der Waals surface area contributed by atoms with Gasteiger partial charge in [0.15, 0.2) is 6.10 Å². The Morgan fingerprint density at radius 1 is 1.42 bits per heavy atom. The summed E-state index contributed by atoms with van der Waals surface area (Å²) in [7, 11) is 0. The zero-order valence-electron chi connectivity index (χ0n) is 13.7. The monoisotopic (exact) mass is 379 g/mol. The van der Waals surface area contributed by atoms with Crippen LogP contribution in [0.4, 0.5) is 0 Å². The molecule has 0 saturated carbocycles. The average molecular weight is 379 g/mol. The molecule has 6 atom stereocenters. The third kappa shape index (κ3) is 5.29. The number of aldehydes is 1. The van der Waals surface area contributed by atoms with Gasteiger partial charge in [0.1, 0.15) is 30.6 Å². The Labute approximate surface area is 147 Å². The van der Waals surface area contributed by atoms with Crippen molar-refractivity contribution < 1.29 is 54.5 Å². The van der Waals surface area contributed by atoms with Crippen molar-refractivity contribution >= 4 is 18.2 Å². The molecule has 26 heavy (non-hydrogen) atoms. The van der Waals surface area contributed by atoms with Crippen molar-refractivity contribution in [2.75, 3.05) is 6.61 Å². The van der Waals surface area contributed by atoms with Gasteiger partial charge in [0.2, 0.25) is 17.8 Å². The number of carboxylic acids is 1. The number of carbonyl (C=O) groups is 3. The quantitative estimate of drug-likeness (QED) is 0.198. The number of amides is 1. The van der Waals surface area contributed by atoms with Crippen LogP contribution in [-0.4, -0.2) is 92.0 Å². The average Bonchev–Trinajstić information content (AvgIpc) is 2.59. The lowest BCUT2D eigenvalue weighted by molar-refractivity contribution is -0.174. The van der Waals surface area contributed by atoms with E-state index in [4.69, 9.17) is 19.7 Å². The molecule has 7 N–H and O–H groups in total. The smallest absolute Gasteiger partial charge is 0.345 e. The molecule has 1 amide bonds. The Balaban J connectivity index is 3.09. The maximum atomic E-state index is 11.1. The third-order valence-electron chi connectivity index (χ3n) is 3.52. The number of carboxylic acid groups (broad SMARTS) is 1. The predicted octanol–water partition coefficient (Wildman–Crippen LogP) is -3.25. The molecule has 0 unspecified atom stereocenters. The van der Waals surface area contributed by atoms with Crippen LogP contribution < -0.4 is 5.32 Å². The van der Waals surface area contributed by atoms with Gasteiger partial charge in [0.25, 0.3) is 0 Å². The van der Waals surface area contributed by atoms with Gasteiger partial charge in [0.05, 0.1) is 6.61 Å². The minimum Gasteiger partial charge on any atom is -0.504 e. The summed E-state index contributed by atoms with van der Waals surface area (Å²) in [6.45, 7) is 0.111. The van der Waals surface area contributed by atoms with E-state index >= 15 is 0 Å². The van der Waals surface area contributed by atoms with E-state index in [1.165, 1.54) is 0 Å². The lowest BCUT2D eigenvalue weighted by Gasteiger charge is -2.33. The van der Waals surface area contributed by atoms with E-state index in [9.17, 15) is 34.8 Å². The zero-order valence-corrected chi connectivity index (χ0v) is 13.7. The number of rotatable bonds is 9. The van der Waals surface area contributed by atoms with Crippen LogP contribution in [0.1, 0.15) is 13.3 Å². The summed E-state index contributed by atoms with van der Waals surface area (Å²) in [4.78, 5) is 33.1. The van der Waals surface area contributed by atoms with Crippen molar-refractivity contribution in [2.24, 2.45) is 0 Å². The molecule has 1 aliphatic heterocycles. The zero-order chi connectivity index (χ0) is 20.0. The number of hydrogen-bond donors (Lipinski definition) is 7. The van der Waals surface area contributed by atoms with Crippen molar-refractivity contribution in [3.8, 4) is 0 Å². The molecule has 1 heterocycles. The Morgan fingerprint density at radius 2 is 2.04 bits per heavy atom. The van der Waals surface area contributed by atoms with Crippen LogP contribution in [0.2, 0.25) is 0 Å². The Kier molecular flexibility index (Phi) is 7.76. The van der Waals surface area contributed by atoms with E-state index in [0.29, 0.717) is 0 Å². The van der Waals surface area contributed by atoms with Gasteiger partial charge in [-0.1, -0.05) is 0 Å². The highest BCUT2D eigenvalue weighted by atomic mass is 16.7. The first-order valence-electron chi connectivity index (χ1n) is 7.49. The maximum Gasteiger partial charge on any atom is 0.345 e. The Bertz CT molecular complexity index is 563. The molecular weight excluding hydrogens is 358 g/mol. The third-order valence-corrected chi connectivity index (χ3v) is 3.52. The molecule has 0 spiro atoms. The van der Waals surface area contributed by atoms with Gasteiger partial charge in [-0.3, -0.25) is 4.79 Å². The lowest BCUT2D eigenvalue weighted by atomic mass is 10.0. The maximum absolute atomic E-state index is 11.1. The predicted molar refractivity (Wildman–Crippen MR) is 80.4 cm³/mol. The summed E-state index contributed by atoms with van der Waals surface area (Å²) in [5.74, 6) is -3.95. The summed E-state index contributed by atoms with van der Waals surface area (Å²) >= 11 is 0. The highest BCUT2D eigenvalue weighted by Crippen LogP contribution is 2.26. The summed E-state index contributed by atoms with van der Waals surface area (Å²) in [5, 5.41) is 59.6. The van der Waals surface area contributed by atoms with Gasteiger partial charge < -0.3 is 50.2 Å². The number of hydrogen-bond acceptors (Lipinski definition) is 10. The normalized spacial score (nSPS) is 24.7. The van der Waals surface area contributed by atoms with Crippen molar-refractivity contribution in [3.63, 3.8) is 0 Å². The molecule has 0 aromatic rings. The topological polar surface area (TPSA) is 203 Å². The highest BCUT2D eigenvalue weighted by Gasteiger charge is 2.40. The first-order valence-corrected chi connectivity index (χ1v) is 7.49. The molecule has 12 heteroatoms. The summed E-state index contributed by atoms with van der Waals surface area (Å²) in [6.07, 6.45) is -9.11. The van der Waals surface area contributed by atoms with Crippen molar-refractivity contribution in [1.82, 2.24) is 5.32 Å². The number of carbonyl (C=O) groups excluding carboxylic acids is 2. The standard InChI is InChI=1S/C14H21NO11/c1-5(18)15-6(3-16)10(21)12(8(20)4-17)26-14-11(22)7(19)2-9(25-14)13(23)24/h3,6-10,12,17,19-22H,2,4H2,1H3,(H,15,18)(H,23,24)/t6-,7+,8+,9+,10+,12+/m0/s1. The second kappa shape index (κ2) is 9.33. The van der Waals surface area contributed by atoms with Gasteiger partial charge in [-0.2, -0.15) is 0 Å². The van der Waals surface area contributed by atoms with Crippen LogP contribution in [0.15, 0.2) is 11.7 Å². The highest BCUT2D eigenvalue weighted by molar-refractivity contribution is 5.77. The van der Waals surface area contributed by atoms with Crippen LogP contribution in [0.5, 0.6) is 0 Å². The van der Waals surface area contributed by atoms with E-state index < -0.39 is 73.2 Å². The van der Waals surface area contributed by atoms with Gasteiger partial charge in [0, 0.05) is 13.3 Å². The summed E-state index contributed by atoms with van der Waals surface area (Å²) in [6, 6.07) is -1.55. The number of nitrogens with one attached hydrogen (secondary N) is 1. The first-order chi connectivity index (χ1) is 12.1. The summed E-state index contributed by atoms with van der Waals surface area (Å²) in [5.41, 5.74) is 0. The minimum absolute atomic E-state index is 0.150. The fourth-order valence-corrected chi connectivity index (χ4v) is 2.17. The van der Waals surface area contributed by atoms with Crippen LogP contribution >= 0.6 is 0 Å². The Morgan fingerprint density at radius 3 is 2.50 bits per heavy atom. The number of aliphatic carboxylic acids is 1. The van der Waals surface area contributed by atoms with Crippen LogP contribution in [0.3, 0.4) is 0 Å². The van der Waals surface area contributed by atoms with Crippen LogP contribution in [0.25, 0.3) is 0 Å².